The van der Waals surface area contributed by atoms with Gasteiger partial charge in [0.25, 0.3) is 0 Å². The third kappa shape index (κ3) is 3.91. The van der Waals surface area contributed by atoms with Crippen LogP contribution in [-0.4, -0.2) is 26.6 Å². The van der Waals surface area contributed by atoms with E-state index >= 15 is 0 Å². The summed E-state index contributed by atoms with van der Waals surface area (Å²) in [5.74, 6) is 1.80. The van der Waals surface area contributed by atoms with Crippen LogP contribution in [0.1, 0.15) is 29.1 Å². The highest BCUT2D eigenvalue weighted by molar-refractivity contribution is 5.85. The first-order valence-electron chi connectivity index (χ1n) is 10.7. The third-order valence-electron chi connectivity index (χ3n) is 5.97. The third-order valence-corrected chi connectivity index (χ3v) is 5.97. The molecular weight excluding hydrogens is 384 g/mol. The molecule has 5 rings (SSSR count). The van der Waals surface area contributed by atoms with Gasteiger partial charge in [0.05, 0.1) is 7.11 Å². The summed E-state index contributed by atoms with van der Waals surface area (Å²) in [5, 5.41) is 2.52. The fourth-order valence-corrected chi connectivity index (χ4v) is 4.30. The Morgan fingerprint density at radius 3 is 2.84 bits per heavy atom. The molecule has 0 aliphatic heterocycles. The number of rotatable bonds is 7. The van der Waals surface area contributed by atoms with Crippen LogP contribution in [0.15, 0.2) is 67.1 Å². The van der Waals surface area contributed by atoms with Crippen molar-refractivity contribution < 1.29 is 4.74 Å². The van der Waals surface area contributed by atoms with E-state index in [9.17, 15) is 0 Å². The van der Waals surface area contributed by atoms with Crippen molar-refractivity contribution in [3.8, 4) is 5.75 Å². The molecule has 31 heavy (non-hydrogen) atoms. The fraction of sp³-hybridized carbons (Fsp3) is 0.231. The van der Waals surface area contributed by atoms with Crippen molar-refractivity contribution in [2.24, 2.45) is 7.05 Å². The van der Waals surface area contributed by atoms with E-state index < -0.39 is 0 Å². The first-order valence-corrected chi connectivity index (χ1v) is 10.7. The monoisotopic (exact) mass is 410 g/mol. The highest BCUT2D eigenvalue weighted by atomic mass is 16.5. The molecule has 3 aromatic heterocycles. The topological polar surface area (TPSA) is 55.7 Å². The number of aromatic amines is 1. The van der Waals surface area contributed by atoms with Crippen molar-refractivity contribution in [1.82, 2.24) is 19.5 Å². The zero-order valence-electron chi connectivity index (χ0n) is 17.9. The van der Waals surface area contributed by atoms with E-state index in [1.165, 1.54) is 27.4 Å². The summed E-state index contributed by atoms with van der Waals surface area (Å²) in [6.07, 6.45) is 9.76. The maximum atomic E-state index is 5.38. The number of fused-ring (bicyclic) bond motifs is 2. The molecule has 156 valence electrons. The molecule has 0 bridgehead atoms. The van der Waals surface area contributed by atoms with Gasteiger partial charge in [-0.25, -0.2) is 9.97 Å². The van der Waals surface area contributed by atoms with Crippen LogP contribution in [0.25, 0.3) is 21.8 Å². The molecule has 5 nitrogen and oxygen atoms in total. The first kappa shape index (κ1) is 19.4. The second-order valence-corrected chi connectivity index (χ2v) is 8.00. The van der Waals surface area contributed by atoms with Crippen molar-refractivity contribution in [1.29, 1.82) is 0 Å². The lowest BCUT2D eigenvalue weighted by Crippen LogP contribution is -2.01. The number of H-pyrrole nitrogens is 1. The number of aryl methyl sites for hydroxylation is 3. The van der Waals surface area contributed by atoms with E-state index in [4.69, 9.17) is 9.72 Å². The number of aromatic nitrogens is 4. The largest absolute Gasteiger partial charge is 0.497 e. The molecule has 0 unspecified atom stereocenters. The Morgan fingerprint density at radius 1 is 1.00 bits per heavy atom. The van der Waals surface area contributed by atoms with Crippen molar-refractivity contribution in [3.05, 3.63) is 89.8 Å². The van der Waals surface area contributed by atoms with E-state index in [0.717, 1.165) is 48.5 Å². The summed E-state index contributed by atoms with van der Waals surface area (Å²) >= 11 is 0. The molecule has 0 amide bonds. The van der Waals surface area contributed by atoms with Crippen molar-refractivity contribution >= 4 is 21.8 Å². The molecule has 0 aliphatic carbocycles. The van der Waals surface area contributed by atoms with Gasteiger partial charge in [0.15, 0.2) is 0 Å². The van der Waals surface area contributed by atoms with Gasteiger partial charge in [0.2, 0.25) is 0 Å². The molecule has 0 fully saturated rings. The van der Waals surface area contributed by atoms with Crippen LogP contribution in [-0.2, 0) is 26.3 Å². The highest BCUT2D eigenvalue weighted by Crippen LogP contribution is 2.25. The minimum Gasteiger partial charge on any atom is -0.497 e. The lowest BCUT2D eigenvalue weighted by atomic mass is 10.0. The van der Waals surface area contributed by atoms with E-state index in [-0.39, 0.29) is 0 Å². The summed E-state index contributed by atoms with van der Waals surface area (Å²) < 4.78 is 7.53. The highest BCUT2D eigenvalue weighted by Gasteiger charge is 2.08. The molecule has 0 radical (unpaired) electrons. The predicted octanol–water partition coefficient (Wildman–Crippen LogP) is 5.22. The van der Waals surface area contributed by atoms with Gasteiger partial charge in [-0.1, -0.05) is 12.1 Å². The Balaban J connectivity index is 1.28. The lowest BCUT2D eigenvalue weighted by molar-refractivity contribution is 0.415. The second kappa shape index (κ2) is 8.26. The zero-order valence-corrected chi connectivity index (χ0v) is 17.9. The van der Waals surface area contributed by atoms with Crippen LogP contribution in [0.3, 0.4) is 0 Å². The molecule has 3 heterocycles. The number of nitrogens with zero attached hydrogens (tertiary/aromatic N) is 3. The fourth-order valence-electron chi connectivity index (χ4n) is 4.30. The molecule has 0 aliphatic rings. The Labute approximate surface area is 181 Å². The number of nitrogens with one attached hydrogen (secondary N) is 1. The van der Waals surface area contributed by atoms with Crippen LogP contribution in [0.2, 0.25) is 0 Å². The number of methoxy groups -OCH3 is 1. The molecular formula is C26H26N4O. The van der Waals surface area contributed by atoms with Crippen LogP contribution in [0.5, 0.6) is 5.75 Å². The van der Waals surface area contributed by atoms with E-state index in [1.54, 1.807) is 7.11 Å². The van der Waals surface area contributed by atoms with Gasteiger partial charge in [0.1, 0.15) is 11.6 Å². The van der Waals surface area contributed by atoms with Crippen LogP contribution < -0.4 is 4.74 Å². The molecule has 2 aromatic carbocycles. The Morgan fingerprint density at radius 2 is 1.94 bits per heavy atom. The van der Waals surface area contributed by atoms with Gasteiger partial charge >= 0.3 is 0 Å². The molecule has 1 N–H and O–H groups in total. The standard InChI is InChI=1S/C26H26N4O/c1-30-14-12-22-18(5-3-7-25(22)30)15-20-11-13-27-26(29-20)8-4-6-19-17-28-24-10-9-21(31-2)16-23(19)24/h3,5,7,9-14,16-17,28H,4,6,8,15H2,1-2H3. The number of ether oxygens (including phenoxy) is 1. The van der Waals surface area contributed by atoms with Gasteiger partial charge in [0, 0.05) is 66.0 Å². The number of hydrogen-bond donors (Lipinski definition) is 1. The van der Waals surface area contributed by atoms with Crippen molar-refractivity contribution in [3.63, 3.8) is 0 Å². The SMILES string of the molecule is COc1ccc2[nH]cc(CCCc3nccc(Cc4cccc5c4ccn5C)n3)c2c1. The molecule has 5 heteroatoms. The normalized spacial score (nSPS) is 11.4. The minimum absolute atomic E-state index is 0.819. The lowest BCUT2D eigenvalue weighted by Gasteiger charge is -2.06. The second-order valence-electron chi connectivity index (χ2n) is 8.00. The van der Waals surface area contributed by atoms with Gasteiger partial charge < -0.3 is 14.3 Å². The van der Waals surface area contributed by atoms with Crippen LogP contribution >= 0.6 is 0 Å². The predicted molar refractivity (Wildman–Crippen MR) is 125 cm³/mol. The average Bonchev–Trinajstić information content (AvgIpc) is 3.38. The Kier molecular flexibility index (Phi) is 5.16. The van der Waals surface area contributed by atoms with Crippen molar-refractivity contribution in [2.75, 3.05) is 7.11 Å². The maximum absolute atomic E-state index is 5.38. The summed E-state index contributed by atoms with van der Waals surface area (Å²) in [6, 6.07) is 16.8. The van der Waals surface area contributed by atoms with Crippen LogP contribution in [0, 0.1) is 0 Å². The molecule has 0 atom stereocenters. The Bertz CT molecular complexity index is 1350. The average molecular weight is 411 g/mol. The van der Waals surface area contributed by atoms with Gasteiger partial charge in [-0.3, -0.25) is 0 Å². The summed E-state index contributed by atoms with van der Waals surface area (Å²) in [6.45, 7) is 0. The van der Waals surface area contributed by atoms with E-state index in [2.05, 4.69) is 70.4 Å². The zero-order chi connectivity index (χ0) is 21.2. The summed E-state index contributed by atoms with van der Waals surface area (Å²) in [4.78, 5) is 12.7. The Hall–Kier alpha value is -3.60. The molecule has 5 aromatic rings. The number of benzene rings is 2. The first-order chi connectivity index (χ1) is 15.2. The molecule has 0 saturated carbocycles. The van der Waals surface area contributed by atoms with Gasteiger partial charge in [-0.05, 0) is 60.4 Å². The van der Waals surface area contributed by atoms with Crippen molar-refractivity contribution in [2.45, 2.75) is 25.7 Å². The quantitative estimate of drug-likeness (QED) is 0.400. The maximum Gasteiger partial charge on any atom is 0.128 e. The van der Waals surface area contributed by atoms with Gasteiger partial charge in [-0.2, -0.15) is 0 Å². The molecule has 0 spiro atoms. The summed E-state index contributed by atoms with van der Waals surface area (Å²) in [7, 11) is 3.79. The molecule has 0 saturated heterocycles. The van der Waals surface area contributed by atoms with Crippen LogP contribution in [0.4, 0.5) is 0 Å². The smallest absolute Gasteiger partial charge is 0.128 e. The number of hydrogen-bond acceptors (Lipinski definition) is 3. The minimum atomic E-state index is 0.819. The summed E-state index contributed by atoms with van der Waals surface area (Å²) in [5.41, 5.74) is 6.07. The van der Waals surface area contributed by atoms with E-state index in [1.807, 2.05) is 18.3 Å². The van der Waals surface area contributed by atoms with Gasteiger partial charge in [-0.15, -0.1) is 0 Å². The van der Waals surface area contributed by atoms with E-state index in [0.29, 0.717) is 0 Å².